The Morgan fingerprint density at radius 2 is 1.61 bits per heavy atom. The standard InChI is InChI=1S/C60H72N2O9S/c1-5-33-69-60-55(62(41-46-24-18-23-44-21-12-13-27-49(44)46)58(65)68-35-34-66-42-43-19-8-6-9-20-43)40-53(61-71-59(2,3)4)51-38-45(22-14-16-31-63)50(28-15-17-32-64)56(57(51)60)52-39-47(29-30-54(52)70-60)67-36-37-72-48-25-10-7-11-26-48/h5-13,18-21,23-27,29-30,38-39,45,50,55-57,63-64H,1,14-17,22,28,31-37,40-42H2,2-4H3. The number of ether oxygens (including phenoxy) is 5. The molecule has 5 aromatic rings. The second-order valence-corrected chi connectivity index (χ2v) is 21.1. The van der Waals surface area contributed by atoms with Gasteiger partial charge in [0.2, 0.25) is 5.79 Å². The van der Waals surface area contributed by atoms with Gasteiger partial charge in [-0.3, -0.25) is 4.90 Å². The molecule has 6 unspecified atom stereocenters. The molecule has 2 N–H and O–H groups in total. The van der Waals surface area contributed by atoms with E-state index in [1.807, 2.05) is 99.6 Å². The smallest absolute Gasteiger partial charge is 0.410 e. The van der Waals surface area contributed by atoms with Crippen molar-refractivity contribution in [2.24, 2.45) is 22.9 Å². The zero-order valence-corrected chi connectivity index (χ0v) is 43.0. The van der Waals surface area contributed by atoms with Gasteiger partial charge in [-0.05, 0) is 116 Å². The number of aliphatic hydroxyl groups is 2. The fraction of sp³-hybridized carbons (Fsp3) is 0.433. The maximum atomic E-state index is 15.3. The topological polar surface area (TPSA) is 129 Å². The molecule has 1 amide bonds. The number of amides is 1. The molecule has 11 nitrogen and oxygen atoms in total. The summed E-state index contributed by atoms with van der Waals surface area (Å²) >= 11 is 1.75. The van der Waals surface area contributed by atoms with Gasteiger partial charge in [0.05, 0.1) is 44.6 Å². The van der Waals surface area contributed by atoms with Crippen LogP contribution in [-0.2, 0) is 32.2 Å². The number of oxime groups is 1. The number of hydrogen-bond donors (Lipinski definition) is 2. The first kappa shape index (κ1) is 52.7. The molecule has 72 heavy (non-hydrogen) atoms. The van der Waals surface area contributed by atoms with Gasteiger partial charge in [-0.15, -0.1) is 18.3 Å². The molecule has 1 aliphatic heterocycles. The third-order valence-electron chi connectivity index (χ3n) is 13.8. The van der Waals surface area contributed by atoms with Crippen LogP contribution in [0.5, 0.6) is 11.5 Å². The van der Waals surface area contributed by atoms with Gasteiger partial charge in [0.15, 0.2) is 0 Å². The molecule has 6 atom stereocenters. The number of rotatable bonds is 25. The monoisotopic (exact) mass is 996 g/mol. The third kappa shape index (κ3) is 12.9. The molecule has 0 saturated heterocycles. The lowest BCUT2D eigenvalue weighted by Gasteiger charge is -2.60. The number of benzene rings is 5. The molecule has 3 aliphatic rings. The molecule has 1 fully saturated rings. The number of allylic oxidation sites excluding steroid dienone is 1. The van der Waals surface area contributed by atoms with Gasteiger partial charge < -0.3 is 38.7 Å². The van der Waals surface area contributed by atoms with Gasteiger partial charge >= 0.3 is 6.09 Å². The number of nitrogens with zero attached hydrogens (tertiary/aromatic N) is 2. The normalized spacial score (nSPS) is 21.8. The van der Waals surface area contributed by atoms with Crippen molar-refractivity contribution in [2.45, 2.75) is 107 Å². The van der Waals surface area contributed by atoms with Gasteiger partial charge in [0.25, 0.3) is 0 Å². The Labute approximate surface area is 430 Å². The first-order valence-electron chi connectivity index (χ1n) is 25.7. The highest BCUT2D eigenvalue weighted by molar-refractivity contribution is 7.99. The summed E-state index contributed by atoms with van der Waals surface area (Å²) < 4.78 is 33.6. The highest BCUT2D eigenvalue weighted by Gasteiger charge is 2.66. The molecule has 12 heteroatoms. The first-order valence-corrected chi connectivity index (χ1v) is 26.7. The molecular weight excluding hydrogens is 925 g/mol. The molecule has 2 aliphatic carbocycles. The average molecular weight is 997 g/mol. The number of unbranched alkanes of at least 4 members (excludes halogenated alkanes) is 2. The van der Waals surface area contributed by atoms with Crippen LogP contribution in [0.1, 0.15) is 88.3 Å². The Morgan fingerprint density at radius 3 is 2.38 bits per heavy atom. The lowest BCUT2D eigenvalue weighted by molar-refractivity contribution is -0.256. The van der Waals surface area contributed by atoms with Crippen LogP contribution >= 0.6 is 11.8 Å². The summed E-state index contributed by atoms with van der Waals surface area (Å²) in [7, 11) is 0. The Kier molecular flexibility index (Phi) is 18.5. The lowest BCUT2D eigenvalue weighted by Crippen LogP contribution is -2.70. The summed E-state index contributed by atoms with van der Waals surface area (Å²) in [4.78, 5) is 24.6. The number of carbonyl (C=O) groups excluding carboxylic acids is 1. The summed E-state index contributed by atoms with van der Waals surface area (Å²) in [5.74, 6) is 0.0763. The Balaban J connectivity index is 1.26. The van der Waals surface area contributed by atoms with Crippen molar-refractivity contribution >= 4 is 34.3 Å². The summed E-state index contributed by atoms with van der Waals surface area (Å²) in [5, 5.41) is 27.3. The highest BCUT2D eigenvalue weighted by Crippen LogP contribution is 2.62. The second-order valence-electron chi connectivity index (χ2n) is 19.9. The molecule has 0 radical (unpaired) electrons. The molecule has 1 heterocycles. The maximum Gasteiger partial charge on any atom is 0.410 e. The number of aliphatic hydroxyl groups excluding tert-OH is 2. The second kappa shape index (κ2) is 25.3. The van der Waals surface area contributed by atoms with E-state index in [0.717, 1.165) is 70.2 Å². The highest BCUT2D eigenvalue weighted by atomic mass is 32.2. The number of carbonyl (C=O) groups is 1. The van der Waals surface area contributed by atoms with Crippen LogP contribution in [0.3, 0.4) is 0 Å². The quantitative estimate of drug-likeness (QED) is 0.0252. The maximum absolute atomic E-state index is 15.3. The summed E-state index contributed by atoms with van der Waals surface area (Å²) in [6.07, 6.45) is 8.40. The Hall–Kier alpha value is -5.63. The van der Waals surface area contributed by atoms with Gasteiger partial charge in [-0.1, -0.05) is 121 Å². The zero-order chi connectivity index (χ0) is 50.3. The molecule has 1 saturated carbocycles. The largest absolute Gasteiger partial charge is 0.493 e. The van der Waals surface area contributed by atoms with Crippen molar-refractivity contribution in [3.05, 3.63) is 162 Å². The van der Waals surface area contributed by atoms with Crippen molar-refractivity contribution in [1.29, 1.82) is 0 Å². The predicted octanol–water partition coefficient (Wildman–Crippen LogP) is 12.3. The number of hydrogen-bond acceptors (Lipinski definition) is 11. The van der Waals surface area contributed by atoms with Crippen molar-refractivity contribution < 1.29 is 43.5 Å². The van der Waals surface area contributed by atoms with Crippen LogP contribution < -0.4 is 9.47 Å². The molecule has 382 valence electrons. The van der Waals surface area contributed by atoms with E-state index in [4.69, 9.17) is 33.7 Å². The van der Waals surface area contributed by atoms with Crippen LogP contribution in [0.2, 0.25) is 0 Å². The van der Waals surface area contributed by atoms with E-state index in [-0.39, 0.29) is 63.8 Å². The van der Waals surface area contributed by atoms with E-state index < -0.39 is 29.4 Å². The van der Waals surface area contributed by atoms with Gasteiger partial charge in [-0.25, -0.2) is 4.79 Å². The van der Waals surface area contributed by atoms with E-state index in [0.29, 0.717) is 37.5 Å². The Morgan fingerprint density at radius 1 is 0.875 bits per heavy atom. The zero-order valence-electron chi connectivity index (χ0n) is 42.2. The minimum absolute atomic E-state index is 0.0228. The minimum atomic E-state index is -1.48. The third-order valence-corrected chi connectivity index (χ3v) is 14.8. The van der Waals surface area contributed by atoms with Crippen LogP contribution in [-0.4, -0.2) is 89.7 Å². The van der Waals surface area contributed by atoms with Gasteiger partial charge in [0, 0.05) is 41.8 Å². The molecular formula is C60H72N2O9S. The van der Waals surface area contributed by atoms with Crippen molar-refractivity contribution in [3.8, 4) is 11.5 Å². The van der Waals surface area contributed by atoms with Crippen molar-refractivity contribution in [2.75, 3.05) is 45.4 Å². The number of fused-ring (bicyclic) bond motifs is 3. The molecule has 0 aromatic heterocycles. The van der Waals surface area contributed by atoms with Crippen LogP contribution in [0, 0.1) is 17.8 Å². The fourth-order valence-corrected chi connectivity index (χ4v) is 11.5. The fourth-order valence-electron chi connectivity index (χ4n) is 10.7. The average Bonchev–Trinajstić information content (AvgIpc) is 3.39. The molecule has 5 aromatic carbocycles. The van der Waals surface area contributed by atoms with E-state index >= 15 is 4.79 Å². The van der Waals surface area contributed by atoms with E-state index in [2.05, 4.69) is 55.1 Å². The minimum Gasteiger partial charge on any atom is -0.493 e. The van der Waals surface area contributed by atoms with Crippen LogP contribution in [0.4, 0.5) is 4.79 Å². The Bertz CT molecular complexity index is 2600. The summed E-state index contributed by atoms with van der Waals surface area (Å²) in [5.41, 5.74) is 4.00. The van der Waals surface area contributed by atoms with E-state index in [9.17, 15) is 10.2 Å². The lowest BCUT2D eigenvalue weighted by atomic mass is 9.55. The van der Waals surface area contributed by atoms with Crippen molar-refractivity contribution in [3.63, 3.8) is 0 Å². The number of thioether (sulfide) groups is 1. The predicted molar refractivity (Wildman–Crippen MR) is 285 cm³/mol. The summed E-state index contributed by atoms with van der Waals surface area (Å²) in [6.45, 7) is 11.7. The van der Waals surface area contributed by atoms with Gasteiger partial charge in [0.1, 0.15) is 29.7 Å². The van der Waals surface area contributed by atoms with E-state index in [1.54, 1.807) is 22.7 Å². The van der Waals surface area contributed by atoms with Crippen molar-refractivity contribution in [1.82, 2.24) is 4.90 Å². The molecule has 0 bridgehead atoms. The van der Waals surface area contributed by atoms with Crippen LogP contribution in [0.25, 0.3) is 10.8 Å². The first-order chi connectivity index (χ1) is 35.1. The summed E-state index contributed by atoms with van der Waals surface area (Å²) in [6, 6.07) is 39.9. The molecule has 8 rings (SSSR count). The molecule has 0 spiro atoms. The van der Waals surface area contributed by atoms with Crippen LogP contribution in [0.15, 0.2) is 156 Å². The van der Waals surface area contributed by atoms with Gasteiger partial charge in [-0.2, -0.15) is 0 Å². The SMILES string of the molecule is C=CCOC12Oc3ccc(OCCSc4ccccc4)cc3C3C(CCCCO)C(CCCCO)C=C(C(=NOC(C)(C)C)CC1N(Cc1cccc4ccccc14)C(=O)OCCOCc1ccccc1)C32. The van der Waals surface area contributed by atoms with E-state index in [1.165, 1.54) is 4.90 Å².